The zero-order chi connectivity index (χ0) is 21.3. The molecule has 3 aromatic heterocycles. The van der Waals surface area contributed by atoms with Gasteiger partial charge in [-0.25, -0.2) is 4.68 Å². The lowest BCUT2D eigenvalue weighted by molar-refractivity contribution is 0.102. The summed E-state index contributed by atoms with van der Waals surface area (Å²) in [5, 5.41) is 16.2. The molecule has 0 fully saturated rings. The van der Waals surface area contributed by atoms with Crippen LogP contribution in [0.5, 0.6) is 0 Å². The van der Waals surface area contributed by atoms with E-state index in [9.17, 15) is 4.79 Å². The van der Waals surface area contributed by atoms with Gasteiger partial charge < -0.3 is 5.32 Å². The van der Waals surface area contributed by atoms with Crippen molar-refractivity contribution in [2.75, 3.05) is 5.32 Å². The van der Waals surface area contributed by atoms with Crippen molar-refractivity contribution in [2.45, 2.75) is 40.8 Å². The molecule has 0 aliphatic carbocycles. The van der Waals surface area contributed by atoms with Crippen molar-refractivity contribution < 1.29 is 4.79 Å². The summed E-state index contributed by atoms with van der Waals surface area (Å²) in [6.45, 7) is 9.30. The van der Waals surface area contributed by atoms with Crippen LogP contribution in [-0.2, 0) is 13.1 Å². The average molecular weight is 403 g/mol. The van der Waals surface area contributed by atoms with Gasteiger partial charge >= 0.3 is 0 Å². The summed E-state index contributed by atoms with van der Waals surface area (Å²) >= 11 is 0. The van der Waals surface area contributed by atoms with Crippen molar-refractivity contribution in [2.24, 2.45) is 0 Å². The van der Waals surface area contributed by atoms with E-state index in [2.05, 4.69) is 27.5 Å². The molecule has 8 heteroatoms. The van der Waals surface area contributed by atoms with E-state index in [1.54, 1.807) is 15.6 Å². The molecule has 0 aliphatic rings. The number of aryl methyl sites for hydroxylation is 2. The Morgan fingerprint density at radius 2 is 1.80 bits per heavy atom. The average Bonchev–Trinajstić information content (AvgIpc) is 3.41. The third kappa shape index (κ3) is 3.63. The maximum atomic E-state index is 12.9. The van der Waals surface area contributed by atoms with Crippen LogP contribution in [0.25, 0.3) is 5.69 Å². The summed E-state index contributed by atoms with van der Waals surface area (Å²) in [6, 6.07) is 9.79. The lowest BCUT2D eigenvalue weighted by atomic mass is 10.2. The van der Waals surface area contributed by atoms with Crippen molar-refractivity contribution >= 4 is 11.6 Å². The minimum Gasteiger partial charge on any atom is -0.319 e. The van der Waals surface area contributed by atoms with E-state index in [4.69, 9.17) is 0 Å². The van der Waals surface area contributed by atoms with Gasteiger partial charge in [-0.1, -0.05) is 18.2 Å². The fourth-order valence-electron chi connectivity index (χ4n) is 3.63. The highest BCUT2D eigenvalue weighted by atomic mass is 16.1. The number of nitrogens with one attached hydrogen (secondary N) is 1. The standard InChI is InChI=1S/C22H25N7O/c1-5-28-16(3)18(11-24-28)13-27-14-19(12-23-27)25-22(30)21-15(2)26-29(17(21)4)20-9-7-6-8-10-20/h6-12,14H,5,13H2,1-4H3,(H,25,30). The second kappa shape index (κ2) is 7.98. The molecule has 4 aromatic rings. The van der Waals surface area contributed by atoms with E-state index in [1.165, 1.54) is 0 Å². The molecule has 0 radical (unpaired) electrons. The minimum absolute atomic E-state index is 0.193. The molecule has 154 valence electrons. The monoisotopic (exact) mass is 403 g/mol. The van der Waals surface area contributed by atoms with Gasteiger partial charge in [-0.05, 0) is 39.8 Å². The molecule has 0 atom stereocenters. The fraction of sp³-hybridized carbons (Fsp3) is 0.273. The van der Waals surface area contributed by atoms with Crippen LogP contribution in [0.1, 0.15) is 39.9 Å². The number of para-hydroxylation sites is 1. The van der Waals surface area contributed by atoms with Gasteiger partial charge in [0, 0.05) is 24.0 Å². The Hall–Kier alpha value is -3.68. The van der Waals surface area contributed by atoms with E-state index in [0.717, 1.165) is 29.2 Å². The molecule has 3 heterocycles. The molecule has 0 saturated carbocycles. The van der Waals surface area contributed by atoms with Gasteiger partial charge in [-0.2, -0.15) is 15.3 Å². The smallest absolute Gasteiger partial charge is 0.259 e. The number of hydrogen-bond donors (Lipinski definition) is 1. The molecule has 0 bridgehead atoms. The summed E-state index contributed by atoms with van der Waals surface area (Å²) in [5.41, 5.74) is 5.85. The number of benzene rings is 1. The molecule has 0 aliphatic heterocycles. The van der Waals surface area contributed by atoms with Crippen LogP contribution in [0.2, 0.25) is 0 Å². The Morgan fingerprint density at radius 1 is 1.03 bits per heavy atom. The van der Waals surface area contributed by atoms with Crippen LogP contribution >= 0.6 is 0 Å². The SMILES string of the molecule is CCn1ncc(Cn2cc(NC(=O)c3c(C)nn(-c4ccccc4)c3C)cn2)c1C. The highest BCUT2D eigenvalue weighted by molar-refractivity contribution is 6.05. The van der Waals surface area contributed by atoms with Crippen LogP contribution < -0.4 is 5.32 Å². The number of carbonyl (C=O) groups excluding carboxylic acids is 1. The molecule has 0 spiro atoms. The number of amides is 1. The summed E-state index contributed by atoms with van der Waals surface area (Å²) in [6.07, 6.45) is 5.35. The zero-order valence-corrected chi connectivity index (χ0v) is 17.6. The van der Waals surface area contributed by atoms with Gasteiger partial charge in [-0.15, -0.1) is 0 Å². The number of hydrogen-bond acceptors (Lipinski definition) is 4. The van der Waals surface area contributed by atoms with Crippen molar-refractivity contribution in [3.8, 4) is 5.69 Å². The summed E-state index contributed by atoms with van der Waals surface area (Å²) < 4.78 is 5.55. The lowest BCUT2D eigenvalue weighted by Crippen LogP contribution is -2.14. The minimum atomic E-state index is -0.193. The number of carbonyl (C=O) groups is 1. The van der Waals surface area contributed by atoms with E-state index >= 15 is 0 Å². The first kappa shape index (κ1) is 19.6. The number of rotatable bonds is 6. The second-order valence-electron chi connectivity index (χ2n) is 7.24. The molecule has 1 N–H and O–H groups in total. The van der Waals surface area contributed by atoms with E-state index in [0.29, 0.717) is 23.5 Å². The summed E-state index contributed by atoms with van der Waals surface area (Å²) in [4.78, 5) is 12.9. The molecule has 8 nitrogen and oxygen atoms in total. The van der Waals surface area contributed by atoms with Gasteiger partial charge in [0.25, 0.3) is 5.91 Å². The first-order valence-electron chi connectivity index (χ1n) is 9.94. The van der Waals surface area contributed by atoms with Crippen molar-refractivity contribution in [3.63, 3.8) is 0 Å². The van der Waals surface area contributed by atoms with E-state index in [-0.39, 0.29) is 5.91 Å². The van der Waals surface area contributed by atoms with Crippen molar-refractivity contribution in [1.29, 1.82) is 0 Å². The van der Waals surface area contributed by atoms with Crippen LogP contribution in [0.4, 0.5) is 5.69 Å². The maximum absolute atomic E-state index is 12.9. The number of nitrogens with zero attached hydrogens (tertiary/aromatic N) is 6. The number of aromatic nitrogens is 6. The third-order valence-corrected chi connectivity index (χ3v) is 5.25. The van der Waals surface area contributed by atoms with Crippen LogP contribution in [0.15, 0.2) is 48.9 Å². The molecular weight excluding hydrogens is 378 g/mol. The van der Waals surface area contributed by atoms with Gasteiger partial charge in [0.15, 0.2) is 0 Å². The third-order valence-electron chi connectivity index (χ3n) is 5.25. The fourth-order valence-corrected chi connectivity index (χ4v) is 3.63. The van der Waals surface area contributed by atoms with Crippen LogP contribution in [0.3, 0.4) is 0 Å². The molecule has 0 unspecified atom stereocenters. The summed E-state index contributed by atoms with van der Waals surface area (Å²) in [7, 11) is 0. The normalized spacial score (nSPS) is 11.1. The lowest BCUT2D eigenvalue weighted by Gasteiger charge is -2.05. The Bertz CT molecular complexity index is 1180. The Balaban J connectivity index is 1.51. The Kier molecular flexibility index (Phi) is 5.22. The predicted octanol–water partition coefficient (Wildman–Crippen LogP) is 3.51. The highest BCUT2D eigenvalue weighted by Gasteiger charge is 2.20. The molecule has 1 aromatic carbocycles. The largest absolute Gasteiger partial charge is 0.319 e. The number of anilines is 1. The molecular formula is C22H25N7O. The van der Waals surface area contributed by atoms with Crippen LogP contribution in [0, 0.1) is 20.8 Å². The predicted molar refractivity (Wildman–Crippen MR) is 115 cm³/mol. The van der Waals surface area contributed by atoms with Crippen LogP contribution in [-0.4, -0.2) is 35.2 Å². The van der Waals surface area contributed by atoms with Gasteiger partial charge in [-0.3, -0.25) is 14.2 Å². The van der Waals surface area contributed by atoms with E-state index < -0.39 is 0 Å². The Labute approximate surface area is 175 Å². The highest BCUT2D eigenvalue weighted by Crippen LogP contribution is 2.20. The van der Waals surface area contributed by atoms with Crippen molar-refractivity contribution in [1.82, 2.24) is 29.3 Å². The second-order valence-corrected chi connectivity index (χ2v) is 7.24. The first-order chi connectivity index (χ1) is 14.5. The molecule has 4 rings (SSSR count). The molecule has 1 amide bonds. The molecule has 0 saturated heterocycles. The van der Waals surface area contributed by atoms with Gasteiger partial charge in [0.2, 0.25) is 0 Å². The maximum Gasteiger partial charge on any atom is 0.259 e. The Morgan fingerprint density at radius 3 is 2.50 bits per heavy atom. The van der Waals surface area contributed by atoms with Crippen molar-refractivity contribution in [3.05, 3.63) is 77.1 Å². The quantitative estimate of drug-likeness (QED) is 0.534. The molecule has 30 heavy (non-hydrogen) atoms. The van der Waals surface area contributed by atoms with E-state index in [1.807, 2.05) is 68.2 Å². The summed E-state index contributed by atoms with van der Waals surface area (Å²) in [5.74, 6) is -0.193. The topological polar surface area (TPSA) is 82.6 Å². The van der Waals surface area contributed by atoms with Gasteiger partial charge in [0.1, 0.15) is 0 Å². The zero-order valence-electron chi connectivity index (χ0n) is 17.6. The van der Waals surface area contributed by atoms with Gasteiger partial charge in [0.05, 0.1) is 47.3 Å². The first-order valence-corrected chi connectivity index (χ1v) is 9.94.